The summed E-state index contributed by atoms with van der Waals surface area (Å²) in [5, 5.41) is 7.46. The number of amidine groups is 1. The van der Waals surface area contributed by atoms with Gasteiger partial charge in [-0.15, -0.1) is 0 Å². The predicted molar refractivity (Wildman–Crippen MR) is 81.0 cm³/mol. The summed E-state index contributed by atoms with van der Waals surface area (Å²) in [6.45, 7) is 2.46. The summed E-state index contributed by atoms with van der Waals surface area (Å²) in [5.74, 6) is 0. The molecule has 0 saturated carbocycles. The Hall–Kier alpha value is 0.280. The molecule has 1 saturated heterocycles. The van der Waals surface area contributed by atoms with E-state index in [0.717, 1.165) is 16.5 Å². The van der Waals surface area contributed by atoms with Gasteiger partial charge in [-0.25, -0.2) is 0 Å². The third-order valence-electron chi connectivity index (χ3n) is 3.25. The Morgan fingerprint density at radius 2 is 1.71 bits per heavy atom. The number of halogens is 4. The zero-order valence-corrected chi connectivity index (χ0v) is 14.9. The van der Waals surface area contributed by atoms with Crippen molar-refractivity contribution in [2.75, 3.05) is 13.1 Å². The summed E-state index contributed by atoms with van der Waals surface area (Å²) >= 11 is 13.9. The standard InChI is InChI=1S/C12H13Cl2N3S.2ClH.H2O/c13-8-5-10-11(6-9(8)14)17-12(16-10)18-7-1-3-15-4-2-7;;;/h5-7,15H,1-4H2,(H,16,17);2*1H;1H2. The summed E-state index contributed by atoms with van der Waals surface area (Å²) in [7, 11) is 0. The Kier molecular flexibility index (Phi) is 9.55. The number of quaternary nitrogens is 2. The van der Waals surface area contributed by atoms with Crippen molar-refractivity contribution < 1.29 is 40.9 Å². The molecule has 1 aromatic rings. The Balaban J connectivity index is 0.00000133. The topological polar surface area (TPSA) is 77.1 Å². The number of benzene rings is 1. The predicted octanol–water partition coefficient (Wildman–Crippen LogP) is -5.17. The van der Waals surface area contributed by atoms with Crippen LogP contribution in [0.2, 0.25) is 10.0 Å². The maximum Gasteiger partial charge on any atom is 0.266 e. The van der Waals surface area contributed by atoms with Crippen LogP contribution < -0.4 is 35.4 Å². The minimum Gasteiger partial charge on any atom is -1.00 e. The summed E-state index contributed by atoms with van der Waals surface area (Å²) in [6, 6.07) is 3.74. The Morgan fingerprint density at radius 1 is 1.10 bits per heavy atom. The van der Waals surface area contributed by atoms with Crippen LogP contribution in [0.1, 0.15) is 12.8 Å². The molecule has 2 aliphatic heterocycles. The van der Waals surface area contributed by atoms with Crippen molar-refractivity contribution >= 4 is 51.5 Å². The number of aliphatic imine (C=N–C) groups is 1. The molecule has 1 aromatic carbocycles. The fraction of sp³-hybridized carbons (Fsp3) is 0.417. The average molecular weight is 393 g/mol. The van der Waals surface area contributed by atoms with Crippen LogP contribution in [0, 0.1) is 0 Å². The van der Waals surface area contributed by atoms with Gasteiger partial charge in [0.25, 0.3) is 5.17 Å². The minimum atomic E-state index is 0. The molecular weight excluding hydrogens is 376 g/mol. The van der Waals surface area contributed by atoms with Gasteiger partial charge in [0.1, 0.15) is 5.69 Å². The lowest BCUT2D eigenvalue weighted by Crippen LogP contribution is -3.00. The van der Waals surface area contributed by atoms with Crippen molar-refractivity contribution in [2.45, 2.75) is 18.1 Å². The summed E-state index contributed by atoms with van der Waals surface area (Å²) in [6.07, 6.45) is 2.52. The van der Waals surface area contributed by atoms with Gasteiger partial charge in [-0.2, -0.15) is 4.99 Å². The van der Waals surface area contributed by atoms with Gasteiger partial charge in [-0.3, -0.25) is 5.32 Å². The van der Waals surface area contributed by atoms with E-state index in [4.69, 9.17) is 23.2 Å². The minimum absolute atomic E-state index is 0. The molecule has 120 valence electrons. The second-order valence-corrected chi connectivity index (χ2v) is 6.74. The van der Waals surface area contributed by atoms with E-state index in [-0.39, 0.29) is 30.3 Å². The van der Waals surface area contributed by atoms with Gasteiger partial charge in [0.2, 0.25) is 0 Å². The number of rotatable bonds is 1. The molecule has 9 heteroatoms. The van der Waals surface area contributed by atoms with E-state index in [1.807, 2.05) is 23.9 Å². The average Bonchev–Trinajstić information content (AvgIpc) is 2.72. The zero-order chi connectivity index (χ0) is 12.5. The van der Waals surface area contributed by atoms with Crippen LogP contribution >= 0.6 is 35.0 Å². The molecule has 0 aromatic heterocycles. The van der Waals surface area contributed by atoms with Crippen LogP contribution in [0.3, 0.4) is 0 Å². The molecule has 0 spiro atoms. The molecule has 4 nitrogen and oxygen atoms in total. The molecule has 0 radical (unpaired) electrons. The first-order valence-electron chi connectivity index (χ1n) is 6.13. The Morgan fingerprint density at radius 3 is 2.38 bits per heavy atom. The van der Waals surface area contributed by atoms with E-state index in [0.29, 0.717) is 15.3 Å². The molecular formula is C12H17Cl4N3OS. The lowest BCUT2D eigenvalue weighted by molar-refractivity contribution is -0.661. The van der Waals surface area contributed by atoms with Crippen LogP contribution in [0.15, 0.2) is 17.1 Å². The molecule has 2 aliphatic rings. The first-order valence-corrected chi connectivity index (χ1v) is 7.77. The third kappa shape index (κ3) is 5.15. The zero-order valence-electron chi connectivity index (χ0n) is 11.1. The Labute approximate surface area is 150 Å². The molecule has 6 N–H and O–H groups in total. The van der Waals surface area contributed by atoms with Crippen LogP contribution in [-0.4, -0.2) is 29.0 Å². The molecule has 3 rings (SSSR count). The van der Waals surface area contributed by atoms with Gasteiger partial charge in [0.05, 0.1) is 23.1 Å². The van der Waals surface area contributed by atoms with E-state index in [9.17, 15) is 0 Å². The number of nitrogens with zero attached hydrogens (tertiary/aromatic N) is 1. The Bertz CT molecular complexity index is 510. The van der Waals surface area contributed by atoms with E-state index >= 15 is 0 Å². The van der Waals surface area contributed by atoms with Crippen LogP contribution in [0.4, 0.5) is 11.4 Å². The molecule has 0 amide bonds. The second kappa shape index (κ2) is 9.43. The first kappa shape index (κ1) is 21.3. The van der Waals surface area contributed by atoms with Crippen molar-refractivity contribution in [1.82, 2.24) is 0 Å². The largest absolute Gasteiger partial charge is 1.00 e. The second-order valence-electron chi connectivity index (χ2n) is 4.60. The molecule has 2 heterocycles. The van der Waals surface area contributed by atoms with Crippen molar-refractivity contribution in [3.05, 3.63) is 22.2 Å². The smallest absolute Gasteiger partial charge is 0.266 e. The highest BCUT2D eigenvalue weighted by Crippen LogP contribution is 2.35. The maximum absolute atomic E-state index is 6.02. The van der Waals surface area contributed by atoms with E-state index < -0.39 is 0 Å². The number of fused-ring (bicyclic) bond motifs is 1. The van der Waals surface area contributed by atoms with Crippen LogP contribution in [0.25, 0.3) is 0 Å². The lowest BCUT2D eigenvalue weighted by atomic mass is 10.2. The molecule has 0 atom stereocenters. The van der Waals surface area contributed by atoms with Gasteiger partial charge in [-0.05, 0) is 17.8 Å². The summed E-state index contributed by atoms with van der Waals surface area (Å²) in [5.41, 5.74) is 2.02. The van der Waals surface area contributed by atoms with Crippen LogP contribution in [0.5, 0.6) is 0 Å². The van der Waals surface area contributed by atoms with Crippen molar-refractivity contribution in [3.63, 3.8) is 0 Å². The van der Waals surface area contributed by atoms with E-state index in [2.05, 4.69) is 15.6 Å². The van der Waals surface area contributed by atoms with Crippen LogP contribution in [-0.2, 0) is 0 Å². The number of nitrogens with two attached hydrogens (primary N) is 2. The molecule has 0 aliphatic carbocycles. The van der Waals surface area contributed by atoms with Crippen molar-refractivity contribution in [1.29, 1.82) is 0 Å². The molecule has 0 unspecified atom stereocenters. The normalized spacial score (nSPS) is 17.0. The lowest BCUT2D eigenvalue weighted by Gasteiger charge is -2.17. The van der Waals surface area contributed by atoms with Gasteiger partial charge in [-0.1, -0.05) is 23.2 Å². The molecule has 21 heavy (non-hydrogen) atoms. The number of thioether (sulfide) groups is 1. The summed E-state index contributed by atoms with van der Waals surface area (Å²) < 4.78 is 0. The number of piperidine rings is 1. The van der Waals surface area contributed by atoms with E-state index in [1.54, 1.807) is 0 Å². The fourth-order valence-electron chi connectivity index (χ4n) is 2.29. The maximum atomic E-state index is 6.02. The third-order valence-corrected chi connectivity index (χ3v) is 5.23. The highest BCUT2D eigenvalue weighted by atomic mass is 35.5. The summed E-state index contributed by atoms with van der Waals surface area (Å²) in [4.78, 5) is 4.62. The van der Waals surface area contributed by atoms with E-state index in [1.165, 1.54) is 25.9 Å². The molecule has 0 bridgehead atoms. The SMILES string of the molecule is Clc1cc2c(cc1Cl)[NH2+]C(SC1CC[NH2+]CC1)=N2.O.[Cl-].[Cl-]. The van der Waals surface area contributed by atoms with Gasteiger partial charge in [0.15, 0.2) is 5.69 Å². The monoisotopic (exact) mass is 391 g/mol. The quantitative estimate of drug-likeness (QED) is 0.460. The van der Waals surface area contributed by atoms with Gasteiger partial charge >= 0.3 is 0 Å². The number of hydrogen-bond acceptors (Lipinski definition) is 2. The fourth-order valence-corrected chi connectivity index (χ4v) is 3.82. The van der Waals surface area contributed by atoms with Gasteiger partial charge in [0, 0.05) is 24.2 Å². The highest BCUT2D eigenvalue weighted by Gasteiger charge is 2.26. The first-order chi connectivity index (χ1) is 8.72. The number of hydrogen-bond donors (Lipinski definition) is 2. The highest BCUT2D eigenvalue weighted by molar-refractivity contribution is 8.13. The molecule has 1 fully saturated rings. The van der Waals surface area contributed by atoms with Crippen molar-refractivity contribution in [2.24, 2.45) is 4.99 Å². The van der Waals surface area contributed by atoms with Gasteiger partial charge < -0.3 is 35.6 Å². The van der Waals surface area contributed by atoms with Crippen molar-refractivity contribution in [3.8, 4) is 0 Å².